The summed E-state index contributed by atoms with van der Waals surface area (Å²) < 4.78 is 11.0. The number of carbonyl (C=O) groups excluding carboxylic acids is 2. The smallest absolute Gasteiger partial charge is 0.330 e. The maximum Gasteiger partial charge on any atom is 0.330 e. The Morgan fingerprint density at radius 2 is 1.82 bits per heavy atom. The van der Waals surface area contributed by atoms with Crippen molar-refractivity contribution in [3.63, 3.8) is 0 Å². The largest absolute Gasteiger partial charge is 0.474 e. The summed E-state index contributed by atoms with van der Waals surface area (Å²) in [5.74, 6) is -0.302. The molecule has 0 radical (unpaired) electrons. The van der Waals surface area contributed by atoms with E-state index in [9.17, 15) is 9.59 Å². The van der Waals surface area contributed by atoms with Crippen LogP contribution in [0.25, 0.3) is 0 Å². The molecule has 0 aliphatic carbocycles. The minimum absolute atomic E-state index is 0.0848. The Hall–Kier alpha value is -2.50. The fourth-order valence-electron chi connectivity index (χ4n) is 2.46. The van der Waals surface area contributed by atoms with E-state index < -0.39 is 17.6 Å². The molecule has 156 valence electrons. The third-order valence-corrected chi connectivity index (χ3v) is 3.78. The quantitative estimate of drug-likeness (QED) is 0.323. The van der Waals surface area contributed by atoms with E-state index in [0.29, 0.717) is 6.42 Å². The van der Waals surface area contributed by atoms with Crippen molar-refractivity contribution in [3.05, 3.63) is 48.4 Å². The van der Waals surface area contributed by atoms with E-state index in [1.165, 1.54) is 0 Å². The van der Waals surface area contributed by atoms with Gasteiger partial charge >= 0.3 is 5.97 Å². The number of benzene rings is 1. The van der Waals surface area contributed by atoms with Gasteiger partial charge < -0.3 is 20.1 Å². The highest BCUT2D eigenvalue weighted by molar-refractivity contribution is 5.79. The van der Waals surface area contributed by atoms with Crippen molar-refractivity contribution in [2.45, 2.75) is 71.6 Å². The number of rotatable bonds is 12. The third kappa shape index (κ3) is 10.6. The van der Waals surface area contributed by atoms with Gasteiger partial charge in [-0.15, -0.1) is 0 Å². The lowest BCUT2D eigenvalue weighted by molar-refractivity contribution is -0.147. The number of carbonyl (C=O) groups is 2. The molecule has 6 heteroatoms. The van der Waals surface area contributed by atoms with Crippen LogP contribution in [0.2, 0.25) is 0 Å². The summed E-state index contributed by atoms with van der Waals surface area (Å²) in [6.45, 7) is 11.8. The van der Waals surface area contributed by atoms with Gasteiger partial charge in [-0.2, -0.15) is 0 Å². The zero-order valence-corrected chi connectivity index (χ0v) is 17.5. The van der Waals surface area contributed by atoms with Crippen LogP contribution in [0.5, 0.6) is 0 Å². The van der Waals surface area contributed by atoms with Crippen molar-refractivity contribution in [1.82, 2.24) is 10.6 Å². The van der Waals surface area contributed by atoms with E-state index in [1.807, 2.05) is 51.1 Å². The van der Waals surface area contributed by atoms with Crippen LogP contribution in [-0.2, 0) is 25.7 Å². The Balaban J connectivity index is 2.63. The maximum atomic E-state index is 12.6. The highest BCUT2D eigenvalue weighted by Gasteiger charge is 2.23. The molecule has 0 unspecified atom stereocenters. The number of unbranched alkanes of at least 4 members (excludes halogenated alkanes) is 2. The molecule has 1 atom stereocenters. The molecule has 0 heterocycles. The predicted octanol–water partition coefficient (Wildman–Crippen LogP) is 3.67. The minimum Gasteiger partial charge on any atom is -0.474 e. The zero-order chi connectivity index (χ0) is 21.0. The molecule has 1 aromatic rings. The monoisotopic (exact) mass is 390 g/mol. The van der Waals surface area contributed by atoms with E-state index >= 15 is 0 Å². The van der Waals surface area contributed by atoms with Gasteiger partial charge in [0.15, 0.2) is 5.88 Å². The lowest BCUT2D eigenvalue weighted by Gasteiger charge is -2.26. The molecule has 1 amide bonds. The highest BCUT2D eigenvalue weighted by atomic mass is 16.5. The molecular formula is C22H34N2O4. The normalized spacial score (nSPS) is 12.0. The second-order valence-corrected chi connectivity index (χ2v) is 7.69. The van der Waals surface area contributed by atoms with Gasteiger partial charge in [0.25, 0.3) is 0 Å². The summed E-state index contributed by atoms with van der Waals surface area (Å²) in [7, 11) is 0. The topological polar surface area (TPSA) is 76.7 Å². The highest BCUT2D eigenvalue weighted by Crippen LogP contribution is 2.11. The summed E-state index contributed by atoms with van der Waals surface area (Å²) in [6, 6.07) is 8.65. The zero-order valence-electron chi connectivity index (χ0n) is 17.5. The number of amides is 1. The van der Waals surface area contributed by atoms with Crippen LogP contribution < -0.4 is 10.6 Å². The van der Waals surface area contributed by atoms with Crippen LogP contribution in [0, 0.1) is 0 Å². The van der Waals surface area contributed by atoms with Crippen molar-refractivity contribution in [2.75, 3.05) is 6.54 Å². The summed E-state index contributed by atoms with van der Waals surface area (Å²) in [4.78, 5) is 24.6. The molecule has 28 heavy (non-hydrogen) atoms. The first-order valence-corrected chi connectivity index (χ1v) is 9.83. The van der Waals surface area contributed by atoms with Crippen LogP contribution >= 0.6 is 0 Å². The van der Waals surface area contributed by atoms with Gasteiger partial charge in [-0.3, -0.25) is 4.79 Å². The van der Waals surface area contributed by atoms with Gasteiger partial charge in [-0.1, -0.05) is 50.1 Å². The molecular weight excluding hydrogens is 356 g/mol. The average Bonchev–Trinajstić information content (AvgIpc) is 2.62. The number of ether oxygens (including phenoxy) is 2. The molecule has 0 fully saturated rings. The second kappa shape index (κ2) is 12.1. The average molecular weight is 391 g/mol. The predicted molar refractivity (Wildman–Crippen MR) is 110 cm³/mol. The van der Waals surface area contributed by atoms with E-state index in [0.717, 1.165) is 24.8 Å². The summed E-state index contributed by atoms with van der Waals surface area (Å²) in [5.41, 5.74) is 0.439. The van der Waals surface area contributed by atoms with Gasteiger partial charge in [0.1, 0.15) is 18.2 Å². The summed E-state index contributed by atoms with van der Waals surface area (Å²) in [6.07, 6.45) is 3.33. The molecule has 0 aliphatic rings. The van der Waals surface area contributed by atoms with Crippen molar-refractivity contribution in [2.24, 2.45) is 0 Å². The van der Waals surface area contributed by atoms with Gasteiger partial charge in [0, 0.05) is 13.0 Å². The van der Waals surface area contributed by atoms with Crippen LogP contribution in [0.1, 0.15) is 58.9 Å². The first-order chi connectivity index (χ1) is 13.2. The lowest BCUT2D eigenvalue weighted by Crippen LogP contribution is -2.47. The fraction of sp³-hybridized carbons (Fsp3) is 0.545. The Morgan fingerprint density at radius 1 is 1.14 bits per heavy atom. The molecule has 0 aliphatic heterocycles. The van der Waals surface area contributed by atoms with E-state index in [4.69, 9.17) is 9.47 Å². The molecule has 6 nitrogen and oxygen atoms in total. The number of nitrogens with one attached hydrogen (secondary N) is 2. The molecule has 0 spiro atoms. The third-order valence-electron chi connectivity index (χ3n) is 3.78. The van der Waals surface area contributed by atoms with Crippen molar-refractivity contribution >= 4 is 11.9 Å². The minimum atomic E-state index is -0.784. The fourth-order valence-corrected chi connectivity index (χ4v) is 2.46. The Labute approximate surface area is 168 Å². The molecule has 0 aromatic heterocycles. The first-order valence-electron chi connectivity index (χ1n) is 9.83. The SMILES string of the molecule is C=C(N[C@@H](CNC(=O)CCCCC)C(=O)OCc1ccccc1)OC(C)(C)C. The van der Waals surface area contributed by atoms with E-state index in [2.05, 4.69) is 24.1 Å². The van der Waals surface area contributed by atoms with Crippen LogP contribution in [-0.4, -0.2) is 30.1 Å². The summed E-state index contributed by atoms with van der Waals surface area (Å²) in [5, 5.41) is 5.72. The van der Waals surface area contributed by atoms with Crippen molar-refractivity contribution < 1.29 is 19.1 Å². The molecule has 0 saturated heterocycles. The second-order valence-electron chi connectivity index (χ2n) is 7.69. The number of hydrogen-bond acceptors (Lipinski definition) is 5. The van der Waals surface area contributed by atoms with Crippen LogP contribution in [0.3, 0.4) is 0 Å². The Morgan fingerprint density at radius 3 is 2.43 bits per heavy atom. The van der Waals surface area contributed by atoms with Gasteiger partial charge in [-0.25, -0.2) is 4.79 Å². The molecule has 1 rings (SSSR count). The lowest BCUT2D eigenvalue weighted by atomic mass is 10.2. The Bertz CT molecular complexity index is 623. The van der Waals surface area contributed by atoms with Crippen LogP contribution in [0.4, 0.5) is 0 Å². The van der Waals surface area contributed by atoms with Crippen molar-refractivity contribution in [3.8, 4) is 0 Å². The molecule has 2 N–H and O–H groups in total. The first kappa shape index (κ1) is 23.5. The van der Waals surface area contributed by atoms with Crippen molar-refractivity contribution in [1.29, 1.82) is 0 Å². The van der Waals surface area contributed by atoms with Gasteiger partial charge in [-0.05, 0) is 39.3 Å². The number of esters is 1. The standard InChI is InChI=1S/C22H34N2O4/c1-6-7-9-14-20(25)23-15-19(24-17(2)28-22(3,4)5)21(26)27-16-18-12-10-8-11-13-18/h8,10-13,19,24H,2,6-7,9,14-16H2,1,3-5H3,(H,23,25)/t19-/m0/s1. The molecule has 0 bridgehead atoms. The molecule has 0 saturated carbocycles. The van der Waals surface area contributed by atoms with E-state index in [-0.39, 0.29) is 24.9 Å². The molecule has 1 aromatic carbocycles. The van der Waals surface area contributed by atoms with Gasteiger partial charge in [0.2, 0.25) is 5.91 Å². The van der Waals surface area contributed by atoms with Crippen LogP contribution in [0.15, 0.2) is 42.8 Å². The van der Waals surface area contributed by atoms with E-state index in [1.54, 1.807) is 0 Å². The Kier molecular flexibility index (Phi) is 10.1. The number of hydrogen-bond donors (Lipinski definition) is 2. The van der Waals surface area contributed by atoms with Gasteiger partial charge in [0.05, 0.1) is 0 Å². The summed E-state index contributed by atoms with van der Waals surface area (Å²) >= 11 is 0. The maximum absolute atomic E-state index is 12.6.